The first-order valence-corrected chi connectivity index (χ1v) is 6.01. The van der Waals surface area contributed by atoms with Crippen LogP contribution in [0.3, 0.4) is 0 Å². The summed E-state index contributed by atoms with van der Waals surface area (Å²) in [7, 11) is 0. The molecule has 96 valence electrons. The molecule has 0 aliphatic heterocycles. The highest BCUT2D eigenvalue weighted by atomic mass is 16.4. The third-order valence-corrected chi connectivity index (χ3v) is 3.29. The Morgan fingerprint density at radius 2 is 2.18 bits per heavy atom. The molecule has 2 atom stereocenters. The van der Waals surface area contributed by atoms with E-state index in [1.165, 1.54) is 0 Å². The van der Waals surface area contributed by atoms with Gasteiger partial charge in [-0.05, 0) is 25.8 Å². The minimum atomic E-state index is -0.938. The zero-order chi connectivity index (χ0) is 13.0. The predicted molar refractivity (Wildman–Crippen MR) is 66.2 cm³/mol. The number of aromatic carboxylic acids is 1. The summed E-state index contributed by atoms with van der Waals surface area (Å²) in [6, 6.07) is 1.98. The summed E-state index contributed by atoms with van der Waals surface area (Å²) < 4.78 is 5.40. The van der Waals surface area contributed by atoms with Crippen LogP contribution in [0.4, 0.5) is 0 Å². The van der Waals surface area contributed by atoms with Crippen molar-refractivity contribution in [1.82, 2.24) is 5.32 Å². The molecular weight excluding hydrogens is 218 g/mol. The molecule has 0 fully saturated rings. The number of furan rings is 1. The molecule has 0 saturated heterocycles. The van der Waals surface area contributed by atoms with E-state index in [4.69, 9.17) is 9.52 Å². The maximum Gasteiger partial charge on any atom is 0.339 e. The number of rotatable bonds is 6. The summed E-state index contributed by atoms with van der Waals surface area (Å²) in [5, 5.41) is 12.2. The van der Waals surface area contributed by atoms with E-state index in [2.05, 4.69) is 26.1 Å². The maximum absolute atomic E-state index is 10.8. The molecule has 1 rings (SSSR count). The second-order valence-electron chi connectivity index (χ2n) is 4.54. The molecular formula is C13H21NO3. The Hall–Kier alpha value is -1.29. The van der Waals surface area contributed by atoms with Gasteiger partial charge in [-0.25, -0.2) is 4.79 Å². The highest BCUT2D eigenvalue weighted by Gasteiger charge is 2.15. The van der Waals surface area contributed by atoms with E-state index in [9.17, 15) is 4.79 Å². The van der Waals surface area contributed by atoms with Gasteiger partial charge in [0.2, 0.25) is 0 Å². The van der Waals surface area contributed by atoms with Crippen LogP contribution in [-0.2, 0) is 6.54 Å². The standard InChI is InChI=1S/C13H21NO3/c1-5-8(2)9(3)14-7-11-6-12(13(15)16)10(4)17-11/h6,8-9,14H,5,7H2,1-4H3,(H,15,16). The van der Waals surface area contributed by atoms with Gasteiger partial charge in [0.25, 0.3) is 0 Å². The van der Waals surface area contributed by atoms with E-state index in [-0.39, 0.29) is 5.56 Å². The van der Waals surface area contributed by atoms with Crippen molar-refractivity contribution in [1.29, 1.82) is 0 Å². The van der Waals surface area contributed by atoms with Crippen LogP contribution in [0.1, 0.15) is 49.1 Å². The molecule has 0 saturated carbocycles. The van der Waals surface area contributed by atoms with Gasteiger partial charge in [-0.1, -0.05) is 20.3 Å². The van der Waals surface area contributed by atoms with E-state index in [0.29, 0.717) is 30.0 Å². The Morgan fingerprint density at radius 1 is 1.53 bits per heavy atom. The molecule has 1 aromatic rings. The molecule has 0 radical (unpaired) electrons. The summed E-state index contributed by atoms with van der Waals surface area (Å²) in [6.07, 6.45) is 1.12. The van der Waals surface area contributed by atoms with Gasteiger partial charge in [-0.15, -0.1) is 0 Å². The molecule has 0 aromatic carbocycles. The van der Waals surface area contributed by atoms with Crippen molar-refractivity contribution in [2.45, 2.75) is 46.7 Å². The number of hydrogen-bond acceptors (Lipinski definition) is 3. The first-order chi connectivity index (χ1) is 7.95. The number of carbonyl (C=O) groups is 1. The van der Waals surface area contributed by atoms with E-state index < -0.39 is 5.97 Å². The van der Waals surface area contributed by atoms with Crippen LogP contribution < -0.4 is 5.32 Å². The van der Waals surface area contributed by atoms with Crippen molar-refractivity contribution in [2.75, 3.05) is 0 Å². The van der Waals surface area contributed by atoms with Gasteiger partial charge in [-0.3, -0.25) is 0 Å². The summed E-state index contributed by atoms with van der Waals surface area (Å²) >= 11 is 0. The highest BCUT2D eigenvalue weighted by Crippen LogP contribution is 2.15. The normalized spacial score (nSPS) is 14.6. The molecule has 0 aliphatic rings. The Kier molecular flexibility index (Phi) is 4.75. The van der Waals surface area contributed by atoms with Crippen molar-refractivity contribution in [3.63, 3.8) is 0 Å². The van der Waals surface area contributed by atoms with Gasteiger partial charge < -0.3 is 14.8 Å². The van der Waals surface area contributed by atoms with Gasteiger partial charge in [0.1, 0.15) is 17.1 Å². The second-order valence-corrected chi connectivity index (χ2v) is 4.54. The molecule has 1 heterocycles. The Labute approximate surface area is 102 Å². The average Bonchev–Trinajstić information content (AvgIpc) is 2.66. The molecule has 0 spiro atoms. The Morgan fingerprint density at radius 3 is 2.65 bits per heavy atom. The Balaban J connectivity index is 2.58. The van der Waals surface area contributed by atoms with E-state index in [1.54, 1.807) is 13.0 Å². The molecule has 4 nitrogen and oxygen atoms in total. The fraction of sp³-hybridized carbons (Fsp3) is 0.615. The number of carboxylic acid groups (broad SMARTS) is 1. The van der Waals surface area contributed by atoms with Crippen LogP contribution in [-0.4, -0.2) is 17.1 Å². The lowest BCUT2D eigenvalue weighted by molar-refractivity contribution is 0.0695. The summed E-state index contributed by atoms with van der Waals surface area (Å²) in [6.45, 7) is 8.71. The fourth-order valence-electron chi connectivity index (χ4n) is 1.66. The van der Waals surface area contributed by atoms with Crippen molar-refractivity contribution < 1.29 is 14.3 Å². The van der Waals surface area contributed by atoms with Crippen LogP contribution in [0.5, 0.6) is 0 Å². The van der Waals surface area contributed by atoms with Gasteiger partial charge in [0.15, 0.2) is 0 Å². The molecule has 0 aliphatic carbocycles. The monoisotopic (exact) mass is 239 g/mol. The highest BCUT2D eigenvalue weighted by molar-refractivity contribution is 5.88. The SMILES string of the molecule is CCC(C)C(C)NCc1cc(C(=O)O)c(C)o1. The molecule has 0 amide bonds. The molecule has 2 unspecified atom stereocenters. The summed E-state index contributed by atoms with van der Waals surface area (Å²) in [5.74, 6) is 0.790. The van der Waals surface area contributed by atoms with E-state index in [1.807, 2.05) is 0 Å². The van der Waals surface area contributed by atoms with Crippen LogP contribution in [0, 0.1) is 12.8 Å². The zero-order valence-electron chi connectivity index (χ0n) is 10.9. The Bertz CT molecular complexity index is 384. The lowest BCUT2D eigenvalue weighted by Crippen LogP contribution is -2.31. The number of carboxylic acids is 1. The summed E-state index contributed by atoms with van der Waals surface area (Å²) in [4.78, 5) is 10.8. The minimum absolute atomic E-state index is 0.248. The van der Waals surface area contributed by atoms with Gasteiger partial charge in [0, 0.05) is 6.04 Å². The molecule has 2 N–H and O–H groups in total. The smallest absolute Gasteiger partial charge is 0.339 e. The fourth-order valence-corrected chi connectivity index (χ4v) is 1.66. The molecule has 1 aromatic heterocycles. The van der Waals surface area contributed by atoms with Crippen LogP contribution in [0.2, 0.25) is 0 Å². The number of aryl methyl sites for hydroxylation is 1. The van der Waals surface area contributed by atoms with E-state index in [0.717, 1.165) is 6.42 Å². The quantitative estimate of drug-likeness (QED) is 0.801. The third kappa shape index (κ3) is 3.60. The van der Waals surface area contributed by atoms with Crippen molar-refractivity contribution in [3.8, 4) is 0 Å². The maximum atomic E-state index is 10.8. The number of hydrogen-bond donors (Lipinski definition) is 2. The van der Waals surface area contributed by atoms with Crippen molar-refractivity contribution in [3.05, 3.63) is 23.2 Å². The number of nitrogens with one attached hydrogen (secondary N) is 1. The summed E-state index contributed by atoms with van der Waals surface area (Å²) in [5.41, 5.74) is 0.248. The molecule has 17 heavy (non-hydrogen) atoms. The van der Waals surface area contributed by atoms with Crippen molar-refractivity contribution in [2.24, 2.45) is 5.92 Å². The van der Waals surface area contributed by atoms with Crippen LogP contribution in [0.15, 0.2) is 10.5 Å². The largest absolute Gasteiger partial charge is 0.478 e. The van der Waals surface area contributed by atoms with Crippen LogP contribution in [0.25, 0.3) is 0 Å². The second kappa shape index (κ2) is 5.87. The first-order valence-electron chi connectivity index (χ1n) is 6.01. The predicted octanol–water partition coefficient (Wildman–Crippen LogP) is 2.81. The topological polar surface area (TPSA) is 62.5 Å². The van der Waals surface area contributed by atoms with Crippen molar-refractivity contribution >= 4 is 5.97 Å². The third-order valence-electron chi connectivity index (χ3n) is 3.29. The lowest BCUT2D eigenvalue weighted by Gasteiger charge is -2.19. The average molecular weight is 239 g/mol. The molecule has 4 heteroatoms. The zero-order valence-corrected chi connectivity index (χ0v) is 10.9. The minimum Gasteiger partial charge on any atom is -0.478 e. The van der Waals surface area contributed by atoms with Gasteiger partial charge in [0.05, 0.1) is 6.54 Å². The first kappa shape index (κ1) is 13.8. The van der Waals surface area contributed by atoms with Gasteiger partial charge in [-0.2, -0.15) is 0 Å². The van der Waals surface area contributed by atoms with E-state index >= 15 is 0 Å². The molecule has 0 bridgehead atoms. The van der Waals surface area contributed by atoms with Crippen LogP contribution >= 0.6 is 0 Å². The lowest BCUT2D eigenvalue weighted by atomic mass is 10.0. The van der Waals surface area contributed by atoms with Gasteiger partial charge >= 0.3 is 5.97 Å².